The molecule has 1 rings (SSSR count). The number of hydrogen-bond donors (Lipinski definition) is 1. The van der Waals surface area contributed by atoms with Crippen molar-refractivity contribution in [3.05, 3.63) is 47.0 Å². The molecule has 2 heteroatoms. The second-order valence-corrected chi connectivity index (χ2v) is 3.72. The van der Waals surface area contributed by atoms with E-state index in [1.165, 1.54) is 5.56 Å². The van der Waals surface area contributed by atoms with E-state index in [9.17, 15) is 0 Å². The molecule has 0 fully saturated rings. The van der Waals surface area contributed by atoms with Gasteiger partial charge in [0.25, 0.3) is 0 Å². The maximum atomic E-state index is 5.85. The van der Waals surface area contributed by atoms with Gasteiger partial charge in [0.05, 0.1) is 0 Å². The molecule has 0 aliphatic carbocycles. The van der Waals surface area contributed by atoms with Crippen molar-refractivity contribution in [3.8, 4) is 0 Å². The zero-order valence-electron chi connectivity index (χ0n) is 7.76. The number of hydrogen-bond acceptors (Lipinski definition) is 1. The van der Waals surface area contributed by atoms with Crippen LogP contribution in [0.2, 0.25) is 5.02 Å². The summed E-state index contributed by atoms with van der Waals surface area (Å²) < 4.78 is 0. The lowest BCUT2D eigenvalue weighted by atomic mass is 10.0. The first-order valence-electron chi connectivity index (χ1n) is 4.25. The van der Waals surface area contributed by atoms with Crippen molar-refractivity contribution < 1.29 is 0 Å². The largest absolute Gasteiger partial charge is 0.324 e. The molecule has 0 saturated carbocycles. The molecule has 1 aromatic rings. The zero-order chi connectivity index (χ0) is 9.84. The molecule has 0 aliphatic rings. The molecule has 0 heterocycles. The van der Waals surface area contributed by atoms with E-state index in [-0.39, 0.29) is 6.04 Å². The van der Waals surface area contributed by atoms with Crippen LogP contribution < -0.4 is 5.73 Å². The van der Waals surface area contributed by atoms with E-state index in [1.807, 2.05) is 31.2 Å². The highest BCUT2D eigenvalue weighted by molar-refractivity contribution is 6.30. The molecule has 13 heavy (non-hydrogen) atoms. The summed E-state index contributed by atoms with van der Waals surface area (Å²) in [6.07, 6.45) is 0.826. The molecule has 1 nitrogen and oxygen atoms in total. The molecule has 1 unspecified atom stereocenters. The van der Waals surface area contributed by atoms with Crippen LogP contribution in [0.5, 0.6) is 0 Å². The van der Waals surface area contributed by atoms with Gasteiger partial charge in [-0.05, 0) is 31.0 Å². The molecule has 70 valence electrons. The topological polar surface area (TPSA) is 26.0 Å². The van der Waals surface area contributed by atoms with Gasteiger partial charge in [-0.15, -0.1) is 0 Å². The SMILES string of the molecule is C=C(C)C(N)Cc1ccc(Cl)cc1. The number of rotatable bonds is 3. The Bertz CT molecular complexity index is 289. The summed E-state index contributed by atoms with van der Waals surface area (Å²) in [6, 6.07) is 7.78. The predicted molar refractivity (Wildman–Crippen MR) is 57.9 cm³/mol. The van der Waals surface area contributed by atoms with E-state index in [0.29, 0.717) is 0 Å². The van der Waals surface area contributed by atoms with Crippen molar-refractivity contribution in [1.29, 1.82) is 0 Å². The molecule has 0 amide bonds. The maximum absolute atomic E-state index is 5.85. The van der Waals surface area contributed by atoms with E-state index in [1.54, 1.807) is 0 Å². The van der Waals surface area contributed by atoms with Gasteiger partial charge < -0.3 is 5.73 Å². The van der Waals surface area contributed by atoms with Gasteiger partial charge in [-0.1, -0.05) is 35.9 Å². The summed E-state index contributed by atoms with van der Waals surface area (Å²) in [7, 11) is 0. The third-order valence-electron chi connectivity index (χ3n) is 2.00. The second kappa shape index (κ2) is 4.45. The first-order chi connectivity index (χ1) is 6.09. The molecule has 0 saturated heterocycles. The molecule has 2 N–H and O–H groups in total. The minimum atomic E-state index is 0.0428. The molecule has 0 aliphatic heterocycles. The first kappa shape index (κ1) is 10.3. The molecular formula is C11H14ClN. The highest BCUT2D eigenvalue weighted by atomic mass is 35.5. The summed E-state index contributed by atoms with van der Waals surface area (Å²) in [5.41, 5.74) is 8.06. The van der Waals surface area contributed by atoms with Gasteiger partial charge in [0.2, 0.25) is 0 Å². The quantitative estimate of drug-likeness (QED) is 0.738. The van der Waals surface area contributed by atoms with Crippen LogP contribution in [-0.2, 0) is 6.42 Å². The van der Waals surface area contributed by atoms with E-state index in [4.69, 9.17) is 17.3 Å². The fourth-order valence-corrected chi connectivity index (χ4v) is 1.17. The van der Waals surface area contributed by atoms with Gasteiger partial charge in [0, 0.05) is 11.1 Å². The van der Waals surface area contributed by atoms with Crippen LogP contribution in [0.3, 0.4) is 0 Å². The Labute approximate surface area is 84.2 Å². The normalized spacial score (nSPS) is 12.5. The highest BCUT2D eigenvalue weighted by Gasteiger charge is 2.03. The van der Waals surface area contributed by atoms with Crippen LogP contribution >= 0.6 is 11.6 Å². The number of nitrogens with two attached hydrogens (primary N) is 1. The van der Waals surface area contributed by atoms with Crippen LogP contribution in [0.1, 0.15) is 12.5 Å². The van der Waals surface area contributed by atoms with E-state index in [2.05, 4.69) is 6.58 Å². The second-order valence-electron chi connectivity index (χ2n) is 3.28. The fraction of sp³-hybridized carbons (Fsp3) is 0.273. The van der Waals surface area contributed by atoms with Gasteiger partial charge in [0.15, 0.2) is 0 Å². The Morgan fingerprint density at radius 2 is 2.00 bits per heavy atom. The van der Waals surface area contributed by atoms with Crippen LogP contribution in [0.15, 0.2) is 36.4 Å². The van der Waals surface area contributed by atoms with Crippen molar-refractivity contribution in [3.63, 3.8) is 0 Å². The van der Waals surface area contributed by atoms with Crippen molar-refractivity contribution in [2.45, 2.75) is 19.4 Å². The summed E-state index contributed by atoms with van der Waals surface area (Å²) >= 11 is 5.76. The van der Waals surface area contributed by atoms with E-state index >= 15 is 0 Å². The Morgan fingerprint density at radius 1 is 1.46 bits per heavy atom. The average Bonchev–Trinajstić information content (AvgIpc) is 2.08. The predicted octanol–water partition coefficient (Wildman–Crippen LogP) is 2.79. The summed E-state index contributed by atoms with van der Waals surface area (Å²) in [5.74, 6) is 0. The molecular weight excluding hydrogens is 182 g/mol. The molecule has 0 bridgehead atoms. The van der Waals surface area contributed by atoms with Gasteiger partial charge in [-0.25, -0.2) is 0 Å². The fourth-order valence-electron chi connectivity index (χ4n) is 1.05. The number of halogens is 1. The van der Waals surface area contributed by atoms with Gasteiger partial charge in [0.1, 0.15) is 0 Å². The van der Waals surface area contributed by atoms with Crippen molar-refractivity contribution >= 4 is 11.6 Å². The smallest absolute Gasteiger partial charge is 0.0406 e. The summed E-state index contributed by atoms with van der Waals surface area (Å²) in [5, 5.41) is 0.757. The molecule has 0 aromatic heterocycles. The third-order valence-corrected chi connectivity index (χ3v) is 2.25. The minimum absolute atomic E-state index is 0.0428. The first-order valence-corrected chi connectivity index (χ1v) is 4.63. The van der Waals surface area contributed by atoms with Crippen LogP contribution in [-0.4, -0.2) is 6.04 Å². The van der Waals surface area contributed by atoms with Gasteiger partial charge in [-0.3, -0.25) is 0 Å². The summed E-state index contributed by atoms with van der Waals surface area (Å²) in [4.78, 5) is 0. The highest BCUT2D eigenvalue weighted by Crippen LogP contribution is 2.12. The van der Waals surface area contributed by atoms with Crippen LogP contribution in [0.25, 0.3) is 0 Å². The van der Waals surface area contributed by atoms with Gasteiger partial charge in [-0.2, -0.15) is 0 Å². The van der Waals surface area contributed by atoms with Crippen LogP contribution in [0.4, 0.5) is 0 Å². The standard InChI is InChI=1S/C11H14ClN/c1-8(2)11(13)7-9-3-5-10(12)6-4-9/h3-6,11H,1,7,13H2,2H3. The molecule has 1 aromatic carbocycles. The Morgan fingerprint density at radius 3 is 2.46 bits per heavy atom. The molecule has 0 spiro atoms. The monoisotopic (exact) mass is 195 g/mol. The van der Waals surface area contributed by atoms with Crippen molar-refractivity contribution in [2.75, 3.05) is 0 Å². The Hall–Kier alpha value is -0.790. The lowest BCUT2D eigenvalue weighted by molar-refractivity contribution is 0.767. The zero-order valence-corrected chi connectivity index (χ0v) is 8.51. The molecule has 1 atom stereocenters. The Kier molecular flexibility index (Phi) is 3.52. The minimum Gasteiger partial charge on any atom is -0.324 e. The van der Waals surface area contributed by atoms with E-state index < -0.39 is 0 Å². The lowest BCUT2D eigenvalue weighted by Crippen LogP contribution is -2.23. The maximum Gasteiger partial charge on any atom is 0.0406 e. The van der Waals surface area contributed by atoms with Gasteiger partial charge >= 0.3 is 0 Å². The van der Waals surface area contributed by atoms with Crippen molar-refractivity contribution in [1.82, 2.24) is 0 Å². The Balaban J connectivity index is 2.64. The van der Waals surface area contributed by atoms with Crippen molar-refractivity contribution in [2.24, 2.45) is 5.73 Å². The average molecular weight is 196 g/mol. The molecule has 0 radical (unpaired) electrons. The van der Waals surface area contributed by atoms with E-state index in [0.717, 1.165) is 17.0 Å². The lowest BCUT2D eigenvalue weighted by Gasteiger charge is -2.10. The van der Waals surface area contributed by atoms with Crippen LogP contribution in [0, 0.1) is 0 Å². The summed E-state index contributed by atoms with van der Waals surface area (Å²) in [6.45, 7) is 5.76. The number of benzene rings is 1. The third kappa shape index (κ3) is 3.21.